The van der Waals surface area contributed by atoms with Crippen LogP contribution in [0.2, 0.25) is 0 Å². The molecule has 5 rings (SSSR count). The average Bonchev–Trinajstić information content (AvgIpc) is 3.17. The number of aromatic carboxylic acids is 1. The van der Waals surface area contributed by atoms with Gasteiger partial charge in [-0.05, 0) is 41.0 Å². The second-order valence-electron chi connectivity index (χ2n) is 7.04. The average molecular weight is 345 g/mol. The highest BCUT2D eigenvalue weighted by Gasteiger charge is 2.42. The number of carbonyl (C=O) groups is 1. The molecule has 1 unspecified atom stereocenters. The minimum Gasteiger partial charge on any atom is -0.478 e. The van der Waals surface area contributed by atoms with Crippen molar-refractivity contribution in [3.63, 3.8) is 0 Å². The molecule has 0 amide bonds. The van der Waals surface area contributed by atoms with Crippen molar-refractivity contribution in [2.75, 3.05) is 11.9 Å². The second-order valence-corrected chi connectivity index (χ2v) is 7.04. The van der Waals surface area contributed by atoms with Gasteiger partial charge in [0.2, 0.25) is 0 Å². The summed E-state index contributed by atoms with van der Waals surface area (Å²) in [7, 11) is 0. The number of anilines is 1. The molecule has 0 bridgehead atoms. The van der Waals surface area contributed by atoms with Crippen LogP contribution >= 0.6 is 0 Å². The fourth-order valence-electron chi connectivity index (χ4n) is 4.41. The number of benzene rings is 3. The molecular weight excluding hydrogens is 326 g/mol. The van der Waals surface area contributed by atoms with E-state index < -0.39 is 5.97 Å². The van der Waals surface area contributed by atoms with Crippen LogP contribution in [0.15, 0.2) is 60.7 Å². The van der Waals surface area contributed by atoms with Gasteiger partial charge in [0.1, 0.15) is 0 Å². The quantitative estimate of drug-likeness (QED) is 0.701. The van der Waals surface area contributed by atoms with Crippen molar-refractivity contribution in [3.05, 3.63) is 77.4 Å². The molecule has 3 atom stereocenters. The van der Waals surface area contributed by atoms with Gasteiger partial charge in [-0.15, -0.1) is 0 Å². The molecule has 3 aromatic carbocycles. The molecule has 2 aliphatic rings. The Morgan fingerprint density at radius 1 is 1.04 bits per heavy atom. The van der Waals surface area contributed by atoms with Gasteiger partial charge in [-0.25, -0.2) is 4.79 Å². The van der Waals surface area contributed by atoms with E-state index in [-0.39, 0.29) is 12.1 Å². The van der Waals surface area contributed by atoms with E-state index in [1.54, 1.807) is 12.1 Å². The lowest BCUT2D eigenvalue weighted by atomic mass is 9.79. The van der Waals surface area contributed by atoms with E-state index in [1.165, 1.54) is 16.3 Å². The molecule has 0 radical (unpaired) electrons. The van der Waals surface area contributed by atoms with Crippen LogP contribution in [0.3, 0.4) is 0 Å². The van der Waals surface area contributed by atoms with Crippen LogP contribution in [0.1, 0.15) is 40.1 Å². The van der Waals surface area contributed by atoms with Crippen LogP contribution in [0.4, 0.5) is 5.69 Å². The van der Waals surface area contributed by atoms with E-state index in [0.29, 0.717) is 11.5 Å². The maximum Gasteiger partial charge on any atom is 0.335 e. The number of ether oxygens (including phenoxy) is 1. The maximum atomic E-state index is 11.1. The maximum absolute atomic E-state index is 11.1. The number of fused-ring (bicyclic) bond motifs is 5. The number of rotatable bonds is 2. The predicted octanol–water partition coefficient (Wildman–Crippen LogP) is 4.78. The highest BCUT2D eigenvalue weighted by atomic mass is 16.5. The summed E-state index contributed by atoms with van der Waals surface area (Å²) in [6, 6.07) is 20.0. The molecule has 1 fully saturated rings. The summed E-state index contributed by atoms with van der Waals surface area (Å²) in [5.74, 6) is -0.559. The van der Waals surface area contributed by atoms with Crippen LogP contribution in [0, 0.1) is 5.92 Å². The Balaban J connectivity index is 1.61. The van der Waals surface area contributed by atoms with Crippen LogP contribution in [0.5, 0.6) is 0 Å². The van der Waals surface area contributed by atoms with Gasteiger partial charge in [0.25, 0.3) is 0 Å². The molecule has 3 aromatic rings. The van der Waals surface area contributed by atoms with Gasteiger partial charge in [-0.3, -0.25) is 0 Å². The first-order chi connectivity index (χ1) is 12.7. The number of nitrogens with one attached hydrogen (secondary N) is 1. The van der Waals surface area contributed by atoms with Crippen LogP contribution in [0.25, 0.3) is 10.8 Å². The normalized spacial score (nSPS) is 23.9. The van der Waals surface area contributed by atoms with Crippen LogP contribution in [-0.2, 0) is 4.74 Å². The van der Waals surface area contributed by atoms with Crippen molar-refractivity contribution in [1.29, 1.82) is 0 Å². The highest BCUT2D eigenvalue weighted by molar-refractivity contribution is 5.91. The number of carboxylic acid groups (broad SMARTS) is 1. The minimum atomic E-state index is -0.896. The summed E-state index contributed by atoms with van der Waals surface area (Å²) < 4.78 is 6.17. The van der Waals surface area contributed by atoms with E-state index in [2.05, 4.69) is 41.7 Å². The summed E-state index contributed by atoms with van der Waals surface area (Å²) in [5.41, 5.74) is 3.78. The fourth-order valence-corrected chi connectivity index (χ4v) is 4.41. The zero-order valence-electron chi connectivity index (χ0n) is 14.2. The molecule has 2 aliphatic heterocycles. The van der Waals surface area contributed by atoms with Crippen molar-refractivity contribution in [2.24, 2.45) is 5.92 Å². The van der Waals surface area contributed by atoms with Gasteiger partial charge in [0.05, 0.1) is 17.7 Å². The highest BCUT2D eigenvalue weighted by Crippen LogP contribution is 2.51. The van der Waals surface area contributed by atoms with Gasteiger partial charge in [0.15, 0.2) is 0 Å². The van der Waals surface area contributed by atoms with Crippen molar-refractivity contribution in [3.8, 4) is 0 Å². The fraction of sp³-hybridized carbons (Fsp3) is 0.227. The summed E-state index contributed by atoms with van der Waals surface area (Å²) in [6.07, 6.45) is 1.06. The summed E-state index contributed by atoms with van der Waals surface area (Å²) in [5, 5.41) is 15.3. The molecular formula is C22H19NO3. The van der Waals surface area contributed by atoms with Gasteiger partial charge in [-0.1, -0.05) is 42.5 Å². The van der Waals surface area contributed by atoms with E-state index >= 15 is 0 Å². The summed E-state index contributed by atoms with van der Waals surface area (Å²) in [4.78, 5) is 11.1. The predicted molar refractivity (Wildman–Crippen MR) is 101 cm³/mol. The zero-order chi connectivity index (χ0) is 17.7. The molecule has 1 saturated heterocycles. The number of carboxylic acids is 1. The Kier molecular flexibility index (Phi) is 3.47. The molecule has 0 aliphatic carbocycles. The van der Waals surface area contributed by atoms with E-state index in [9.17, 15) is 4.79 Å². The molecule has 0 saturated carbocycles. The lowest BCUT2D eigenvalue weighted by Crippen LogP contribution is -2.29. The van der Waals surface area contributed by atoms with Gasteiger partial charge in [0, 0.05) is 23.8 Å². The Morgan fingerprint density at radius 3 is 2.65 bits per heavy atom. The molecule has 2 N–H and O–H groups in total. The largest absolute Gasteiger partial charge is 0.478 e. The molecule has 26 heavy (non-hydrogen) atoms. The minimum absolute atomic E-state index is 0.0708. The van der Waals surface area contributed by atoms with Crippen LogP contribution < -0.4 is 5.32 Å². The Morgan fingerprint density at radius 2 is 1.85 bits per heavy atom. The second kappa shape index (κ2) is 5.85. The van der Waals surface area contributed by atoms with E-state index in [0.717, 1.165) is 24.3 Å². The van der Waals surface area contributed by atoms with E-state index in [1.807, 2.05) is 12.1 Å². The first-order valence-corrected chi connectivity index (χ1v) is 8.95. The monoisotopic (exact) mass is 345 g/mol. The lowest BCUT2D eigenvalue weighted by Gasteiger charge is -2.37. The van der Waals surface area contributed by atoms with Crippen LogP contribution in [-0.4, -0.2) is 17.7 Å². The Bertz CT molecular complexity index is 996. The molecule has 0 aromatic heterocycles. The third-order valence-electron chi connectivity index (χ3n) is 5.65. The third-order valence-corrected chi connectivity index (χ3v) is 5.65. The summed E-state index contributed by atoms with van der Waals surface area (Å²) in [6.45, 7) is 0.753. The van der Waals surface area contributed by atoms with Gasteiger partial charge < -0.3 is 15.2 Å². The van der Waals surface area contributed by atoms with Crippen molar-refractivity contribution < 1.29 is 14.6 Å². The topological polar surface area (TPSA) is 58.6 Å². The van der Waals surface area contributed by atoms with Gasteiger partial charge in [-0.2, -0.15) is 0 Å². The van der Waals surface area contributed by atoms with Crippen molar-refractivity contribution in [2.45, 2.75) is 18.6 Å². The van der Waals surface area contributed by atoms with Gasteiger partial charge >= 0.3 is 5.97 Å². The zero-order valence-corrected chi connectivity index (χ0v) is 14.2. The Hall–Kier alpha value is -2.85. The molecule has 130 valence electrons. The number of hydrogen-bond acceptors (Lipinski definition) is 3. The van der Waals surface area contributed by atoms with Crippen molar-refractivity contribution in [1.82, 2.24) is 0 Å². The smallest absolute Gasteiger partial charge is 0.335 e. The third kappa shape index (κ3) is 2.30. The Labute approximate surface area is 151 Å². The lowest BCUT2D eigenvalue weighted by molar-refractivity contribution is 0.0696. The van der Waals surface area contributed by atoms with E-state index in [4.69, 9.17) is 9.84 Å². The molecule has 0 spiro atoms. The first kappa shape index (κ1) is 15.4. The van der Waals surface area contributed by atoms with Crippen molar-refractivity contribution >= 4 is 22.4 Å². The first-order valence-electron chi connectivity index (χ1n) is 8.95. The SMILES string of the molecule is O=C(O)c1ccc(C2Nc3ccc4ccccc4c3[C@H]3OCC[C@@H]23)cc1. The number of hydrogen-bond donors (Lipinski definition) is 2. The molecule has 4 nitrogen and oxygen atoms in total. The standard InChI is InChI=1S/C22H19NO3/c24-22(25)15-7-5-14(6-8-15)20-17-11-12-26-21(17)19-16-4-2-1-3-13(16)9-10-18(19)23-20/h1-10,17,20-21,23H,11-12H2,(H,24,25)/t17-,20?,21-/m0/s1. The molecule has 4 heteroatoms. The molecule has 2 heterocycles. The summed E-state index contributed by atoms with van der Waals surface area (Å²) >= 11 is 0.